The van der Waals surface area contributed by atoms with Crippen molar-refractivity contribution in [3.8, 4) is 0 Å². The molecule has 47 heavy (non-hydrogen) atoms. The van der Waals surface area contributed by atoms with Crippen molar-refractivity contribution in [1.82, 2.24) is 0 Å². The van der Waals surface area contributed by atoms with Crippen LogP contribution >= 0.6 is 0 Å². The highest BCUT2D eigenvalue weighted by molar-refractivity contribution is 4.53. The topological polar surface area (TPSA) is 0 Å². The van der Waals surface area contributed by atoms with Gasteiger partial charge in [-0.15, -0.1) is 0 Å². The van der Waals surface area contributed by atoms with Crippen LogP contribution < -0.4 is 0 Å². The second-order valence-electron chi connectivity index (χ2n) is 16.8. The average molecular weight is 663 g/mol. The first-order valence-corrected chi connectivity index (χ1v) is 22.9. The maximum absolute atomic E-state index is 2.48. The van der Waals surface area contributed by atoms with E-state index in [9.17, 15) is 0 Å². The fourth-order valence-electron chi connectivity index (χ4n) is 7.70. The summed E-state index contributed by atoms with van der Waals surface area (Å²) >= 11 is 0. The summed E-state index contributed by atoms with van der Waals surface area (Å²) in [5.74, 6) is 0. The van der Waals surface area contributed by atoms with Gasteiger partial charge in [-0.2, -0.15) is 0 Å². The summed E-state index contributed by atoms with van der Waals surface area (Å²) < 4.78 is 1.25. The first kappa shape index (κ1) is 47.0. The minimum atomic E-state index is 1.25. The van der Waals surface area contributed by atoms with Gasteiger partial charge >= 0.3 is 0 Å². The summed E-state index contributed by atoms with van der Waals surface area (Å²) in [6, 6.07) is 0. The van der Waals surface area contributed by atoms with E-state index in [4.69, 9.17) is 0 Å². The second-order valence-corrected chi connectivity index (χ2v) is 16.8. The Balaban J connectivity index is 3.24. The van der Waals surface area contributed by atoms with Crippen LogP contribution in [0.15, 0.2) is 0 Å². The van der Waals surface area contributed by atoms with E-state index >= 15 is 0 Å². The Morgan fingerprint density at radius 2 is 0.319 bits per heavy atom. The summed E-state index contributed by atoms with van der Waals surface area (Å²) in [6.45, 7) is 7.40. The number of unbranched alkanes of at least 4 members (excludes halogenated alkanes) is 38. The predicted octanol–water partition coefficient (Wildman–Crippen LogP) is 16.7. The zero-order valence-electron chi connectivity index (χ0n) is 34.1. The van der Waals surface area contributed by atoms with Crippen LogP contribution in [0.3, 0.4) is 0 Å². The van der Waals surface area contributed by atoms with E-state index < -0.39 is 0 Å². The number of hydrogen-bond acceptors (Lipinski definition) is 0. The molecule has 0 aliphatic rings. The Hall–Kier alpha value is -0.0400. The lowest BCUT2D eigenvalue weighted by Crippen LogP contribution is -2.41. The van der Waals surface area contributed by atoms with Crippen molar-refractivity contribution in [1.29, 1.82) is 0 Å². The van der Waals surface area contributed by atoms with Crippen LogP contribution in [0, 0.1) is 0 Å². The second kappa shape index (κ2) is 40.4. The lowest BCUT2D eigenvalue weighted by atomic mass is 10.0. The molecule has 0 aromatic rings. The average Bonchev–Trinajstić information content (AvgIpc) is 3.06. The Labute approximate surface area is 301 Å². The molecule has 284 valence electrons. The summed E-state index contributed by atoms with van der Waals surface area (Å²) in [6.07, 6.45) is 58.9. The molecule has 0 radical (unpaired) electrons. The van der Waals surface area contributed by atoms with Gasteiger partial charge in [0.1, 0.15) is 0 Å². The molecule has 0 aromatic heterocycles. The highest BCUT2D eigenvalue weighted by atomic mass is 15.3. The van der Waals surface area contributed by atoms with E-state index in [1.165, 1.54) is 274 Å². The molecular weight excluding hydrogens is 567 g/mol. The molecule has 0 atom stereocenters. The van der Waals surface area contributed by atoms with Crippen molar-refractivity contribution in [3.63, 3.8) is 0 Å². The van der Waals surface area contributed by atoms with Gasteiger partial charge in [0.15, 0.2) is 0 Å². The van der Waals surface area contributed by atoms with Gasteiger partial charge in [-0.05, 0) is 25.7 Å². The quantitative estimate of drug-likeness (QED) is 0.0451. The summed E-state index contributed by atoms with van der Waals surface area (Å²) in [4.78, 5) is 0. The standard InChI is InChI=1S/C46H96N/c1-5-7-9-11-13-15-17-19-21-23-25-27-29-31-33-35-37-39-41-43-45-47(3,4)46-44-42-40-38-36-34-32-30-28-26-24-22-20-18-16-14-12-10-8-6-2/h5-46H2,1-4H3/q+1. The van der Waals surface area contributed by atoms with Crippen LogP contribution in [-0.4, -0.2) is 31.7 Å². The lowest BCUT2D eigenvalue weighted by Gasteiger charge is -2.30. The number of rotatable bonds is 42. The van der Waals surface area contributed by atoms with Gasteiger partial charge in [0.25, 0.3) is 0 Å². The van der Waals surface area contributed by atoms with Crippen molar-refractivity contribution in [3.05, 3.63) is 0 Å². The van der Waals surface area contributed by atoms with E-state index in [2.05, 4.69) is 27.9 Å². The van der Waals surface area contributed by atoms with Crippen LogP contribution in [0.25, 0.3) is 0 Å². The fourth-order valence-corrected chi connectivity index (χ4v) is 7.70. The Morgan fingerprint density at radius 1 is 0.191 bits per heavy atom. The third-order valence-corrected chi connectivity index (χ3v) is 11.2. The molecule has 0 spiro atoms. The van der Waals surface area contributed by atoms with E-state index in [-0.39, 0.29) is 0 Å². The number of quaternary nitrogens is 1. The van der Waals surface area contributed by atoms with Crippen LogP contribution in [0.5, 0.6) is 0 Å². The van der Waals surface area contributed by atoms with Gasteiger partial charge in [0, 0.05) is 0 Å². The molecule has 1 nitrogen and oxygen atoms in total. The summed E-state index contributed by atoms with van der Waals surface area (Å²) in [5.41, 5.74) is 0. The smallest absolute Gasteiger partial charge is 0.0782 e. The summed E-state index contributed by atoms with van der Waals surface area (Å²) in [7, 11) is 4.95. The van der Waals surface area contributed by atoms with E-state index in [0.29, 0.717) is 0 Å². The SMILES string of the molecule is CCCCCCCCCCCCCCCCCCCCCC[N+](C)(C)CCCCCCCCCCCCCCCCCCCCCC. The van der Waals surface area contributed by atoms with Gasteiger partial charge in [0.2, 0.25) is 0 Å². The monoisotopic (exact) mass is 663 g/mol. The maximum Gasteiger partial charge on any atom is 0.0782 e. The zero-order valence-corrected chi connectivity index (χ0v) is 34.1. The number of hydrogen-bond donors (Lipinski definition) is 0. The molecule has 0 heterocycles. The Morgan fingerprint density at radius 3 is 0.468 bits per heavy atom. The minimum Gasteiger partial charge on any atom is -0.328 e. The molecular formula is C46H96N+. The third-order valence-electron chi connectivity index (χ3n) is 11.2. The van der Waals surface area contributed by atoms with Crippen molar-refractivity contribution in [2.75, 3.05) is 27.2 Å². The molecule has 0 aromatic carbocycles. The Bertz CT molecular complexity index is 493. The molecule has 0 amide bonds. The van der Waals surface area contributed by atoms with Gasteiger partial charge < -0.3 is 4.48 Å². The van der Waals surface area contributed by atoms with Gasteiger partial charge in [-0.1, -0.05) is 245 Å². The normalized spacial score (nSPS) is 12.0. The fraction of sp³-hybridized carbons (Fsp3) is 1.00. The van der Waals surface area contributed by atoms with Crippen LogP contribution in [0.1, 0.15) is 271 Å². The van der Waals surface area contributed by atoms with Gasteiger partial charge in [-0.25, -0.2) is 0 Å². The minimum absolute atomic E-state index is 1.25. The largest absolute Gasteiger partial charge is 0.328 e. The Kier molecular flexibility index (Phi) is 40.4. The molecule has 0 fully saturated rings. The highest BCUT2D eigenvalue weighted by Gasteiger charge is 2.13. The molecule has 0 unspecified atom stereocenters. The van der Waals surface area contributed by atoms with Crippen molar-refractivity contribution >= 4 is 0 Å². The van der Waals surface area contributed by atoms with E-state index in [0.717, 1.165) is 0 Å². The van der Waals surface area contributed by atoms with Crippen LogP contribution in [0.2, 0.25) is 0 Å². The first-order chi connectivity index (χ1) is 23.1. The van der Waals surface area contributed by atoms with Gasteiger partial charge in [0.05, 0.1) is 27.2 Å². The predicted molar refractivity (Wildman–Crippen MR) is 218 cm³/mol. The highest BCUT2D eigenvalue weighted by Crippen LogP contribution is 2.17. The van der Waals surface area contributed by atoms with Crippen molar-refractivity contribution < 1.29 is 4.48 Å². The molecule has 0 aliphatic heterocycles. The van der Waals surface area contributed by atoms with Crippen molar-refractivity contribution in [2.45, 2.75) is 271 Å². The van der Waals surface area contributed by atoms with Crippen LogP contribution in [-0.2, 0) is 0 Å². The van der Waals surface area contributed by atoms with Crippen molar-refractivity contribution in [2.24, 2.45) is 0 Å². The molecule has 0 saturated carbocycles. The third kappa shape index (κ3) is 42.0. The molecule has 0 aliphatic carbocycles. The van der Waals surface area contributed by atoms with E-state index in [1.54, 1.807) is 0 Å². The van der Waals surface area contributed by atoms with Crippen LogP contribution in [0.4, 0.5) is 0 Å². The zero-order chi connectivity index (χ0) is 34.2. The summed E-state index contributed by atoms with van der Waals surface area (Å²) in [5, 5.41) is 0. The van der Waals surface area contributed by atoms with Gasteiger partial charge in [-0.3, -0.25) is 0 Å². The molecule has 1 heteroatoms. The molecule has 0 rings (SSSR count). The number of nitrogens with zero attached hydrogens (tertiary/aromatic N) is 1. The lowest BCUT2D eigenvalue weighted by molar-refractivity contribution is -0.890. The van der Waals surface area contributed by atoms with E-state index in [1.807, 2.05) is 0 Å². The maximum atomic E-state index is 2.48. The molecule has 0 bridgehead atoms. The molecule has 0 N–H and O–H groups in total. The first-order valence-electron chi connectivity index (χ1n) is 22.9. The molecule has 0 saturated heterocycles.